The van der Waals surface area contributed by atoms with Gasteiger partial charge in [-0.2, -0.15) is 0 Å². The number of nitrogens with one attached hydrogen (secondary N) is 2. The highest BCUT2D eigenvalue weighted by atomic mass is 127. The van der Waals surface area contributed by atoms with E-state index in [1.165, 1.54) is 50.1 Å². The molecule has 3 aliphatic rings. The average molecular weight is 486 g/mol. The second kappa shape index (κ2) is 9.15. The van der Waals surface area contributed by atoms with Gasteiger partial charge >= 0.3 is 0 Å². The number of nitrogens with zero attached hydrogens (tertiary/aromatic N) is 2. The minimum Gasteiger partial charge on any atom is -0.356 e. The number of likely N-dealkylation sites (tertiary alicyclic amines) is 1. The highest BCUT2D eigenvalue weighted by Gasteiger charge is 2.43. The minimum absolute atomic E-state index is 0. The van der Waals surface area contributed by atoms with Crippen molar-refractivity contribution in [2.24, 2.45) is 10.9 Å². The fraction of sp³-hybridized carbons (Fsp3) is 0.650. The molecule has 6 heteroatoms. The van der Waals surface area contributed by atoms with E-state index in [1.54, 1.807) is 0 Å². The summed E-state index contributed by atoms with van der Waals surface area (Å²) in [6.45, 7) is 4.59. The van der Waals surface area contributed by atoms with E-state index in [4.69, 9.17) is 0 Å². The van der Waals surface area contributed by atoms with Crippen molar-refractivity contribution in [3.05, 3.63) is 30.3 Å². The zero-order valence-electron chi connectivity index (χ0n) is 15.6. The van der Waals surface area contributed by atoms with Gasteiger partial charge < -0.3 is 15.5 Å². The molecule has 4 rings (SSSR count). The molecule has 0 radical (unpaired) electrons. The summed E-state index contributed by atoms with van der Waals surface area (Å²) >= 11 is 2.01. The van der Waals surface area contributed by atoms with Gasteiger partial charge in [0.2, 0.25) is 0 Å². The summed E-state index contributed by atoms with van der Waals surface area (Å²) in [6.07, 6.45) is 6.74. The van der Waals surface area contributed by atoms with Crippen molar-refractivity contribution in [3.63, 3.8) is 0 Å². The van der Waals surface area contributed by atoms with E-state index in [0.717, 1.165) is 31.0 Å². The lowest BCUT2D eigenvalue weighted by Crippen LogP contribution is -2.43. The highest BCUT2D eigenvalue weighted by molar-refractivity contribution is 14.0. The van der Waals surface area contributed by atoms with Gasteiger partial charge in [-0.25, -0.2) is 0 Å². The molecule has 0 bridgehead atoms. The SMILES string of the molecule is CN=C(NCC1CCN(C2CC2)C1)NCC1(Sc2ccccc2)CC1.I. The number of benzene rings is 1. The standard InChI is InChI=1S/C20H30N4S.HI/c1-21-19(22-13-16-9-12-24(14-16)17-7-8-17)23-15-20(10-11-20)25-18-5-3-2-4-6-18;/h2-6,16-17H,7-15H2,1H3,(H2,21,22,23);1H. The first-order valence-electron chi connectivity index (χ1n) is 9.69. The third-order valence-corrected chi connectivity index (χ3v) is 7.12. The van der Waals surface area contributed by atoms with E-state index < -0.39 is 0 Å². The van der Waals surface area contributed by atoms with Crippen LogP contribution in [-0.4, -0.2) is 54.9 Å². The van der Waals surface area contributed by atoms with Gasteiger partial charge in [0.1, 0.15) is 0 Å². The summed E-state index contributed by atoms with van der Waals surface area (Å²) in [6, 6.07) is 11.7. The van der Waals surface area contributed by atoms with Crippen LogP contribution in [0.25, 0.3) is 0 Å². The quantitative estimate of drug-likeness (QED) is 0.351. The maximum atomic E-state index is 4.42. The van der Waals surface area contributed by atoms with Crippen LogP contribution in [0, 0.1) is 5.92 Å². The predicted molar refractivity (Wildman–Crippen MR) is 122 cm³/mol. The third-order valence-electron chi connectivity index (χ3n) is 5.63. The van der Waals surface area contributed by atoms with Gasteiger partial charge in [-0.3, -0.25) is 4.99 Å². The molecule has 0 spiro atoms. The first kappa shape index (κ1) is 20.3. The maximum Gasteiger partial charge on any atom is 0.191 e. The van der Waals surface area contributed by atoms with Crippen LogP contribution in [0.5, 0.6) is 0 Å². The van der Waals surface area contributed by atoms with Crippen LogP contribution in [0.15, 0.2) is 40.2 Å². The molecular weight excluding hydrogens is 455 g/mol. The molecule has 1 unspecified atom stereocenters. The smallest absolute Gasteiger partial charge is 0.191 e. The van der Waals surface area contributed by atoms with Gasteiger partial charge in [0.15, 0.2) is 5.96 Å². The number of hydrogen-bond acceptors (Lipinski definition) is 3. The summed E-state index contributed by atoms with van der Waals surface area (Å²) in [5.41, 5.74) is 0. The summed E-state index contributed by atoms with van der Waals surface area (Å²) in [5.74, 6) is 1.73. The van der Waals surface area contributed by atoms with Crippen molar-refractivity contribution < 1.29 is 0 Å². The topological polar surface area (TPSA) is 39.7 Å². The first-order chi connectivity index (χ1) is 12.3. The number of halogens is 1. The van der Waals surface area contributed by atoms with Crippen LogP contribution in [0.1, 0.15) is 32.1 Å². The Kier molecular flexibility index (Phi) is 7.13. The van der Waals surface area contributed by atoms with Crippen LogP contribution >= 0.6 is 35.7 Å². The summed E-state index contributed by atoms with van der Waals surface area (Å²) in [4.78, 5) is 8.47. The first-order valence-corrected chi connectivity index (χ1v) is 10.5. The lowest BCUT2D eigenvalue weighted by molar-refractivity contribution is 0.314. The van der Waals surface area contributed by atoms with Crippen LogP contribution in [0.4, 0.5) is 0 Å². The second-order valence-electron chi connectivity index (χ2n) is 7.79. The van der Waals surface area contributed by atoms with Crippen molar-refractivity contribution in [2.75, 3.05) is 33.2 Å². The number of guanidine groups is 1. The molecular formula is C20H31IN4S. The van der Waals surface area contributed by atoms with Crippen molar-refractivity contribution in [3.8, 4) is 0 Å². The van der Waals surface area contributed by atoms with E-state index in [9.17, 15) is 0 Å². The van der Waals surface area contributed by atoms with Gasteiger partial charge in [-0.05, 0) is 56.7 Å². The number of thioether (sulfide) groups is 1. The third kappa shape index (κ3) is 5.52. The zero-order chi connectivity index (χ0) is 17.1. The van der Waals surface area contributed by atoms with E-state index in [-0.39, 0.29) is 24.0 Å². The fourth-order valence-electron chi connectivity index (χ4n) is 3.70. The molecule has 2 saturated carbocycles. The molecule has 0 aromatic heterocycles. The molecule has 1 saturated heterocycles. The summed E-state index contributed by atoms with van der Waals surface area (Å²) in [5, 5.41) is 7.13. The van der Waals surface area contributed by atoms with E-state index >= 15 is 0 Å². The van der Waals surface area contributed by atoms with Crippen LogP contribution < -0.4 is 10.6 Å². The fourth-order valence-corrected chi connectivity index (χ4v) is 4.94. The molecule has 2 aliphatic carbocycles. The Labute approximate surface area is 179 Å². The van der Waals surface area contributed by atoms with Crippen LogP contribution in [0.3, 0.4) is 0 Å². The van der Waals surface area contributed by atoms with Gasteiger partial charge in [-0.15, -0.1) is 35.7 Å². The Balaban J connectivity index is 0.00000196. The largest absolute Gasteiger partial charge is 0.356 e. The lowest BCUT2D eigenvalue weighted by atomic mass is 10.1. The Bertz CT molecular complexity index is 601. The monoisotopic (exact) mass is 486 g/mol. The normalized spacial score (nSPS) is 24.8. The van der Waals surface area contributed by atoms with Crippen molar-refractivity contribution in [2.45, 2.75) is 47.8 Å². The Hall–Kier alpha value is -0.470. The molecule has 1 aliphatic heterocycles. The van der Waals surface area contributed by atoms with Gasteiger partial charge in [-0.1, -0.05) is 18.2 Å². The van der Waals surface area contributed by atoms with Crippen molar-refractivity contribution in [1.29, 1.82) is 0 Å². The Morgan fingerprint density at radius 1 is 1.19 bits per heavy atom. The van der Waals surface area contributed by atoms with E-state index in [1.807, 2.05) is 18.8 Å². The molecule has 2 N–H and O–H groups in total. The molecule has 1 heterocycles. The maximum absolute atomic E-state index is 4.42. The predicted octanol–water partition coefficient (Wildman–Crippen LogP) is 3.58. The second-order valence-corrected chi connectivity index (χ2v) is 9.33. The van der Waals surface area contributed by atoms with Crippen molar-refractivity contribution in [1.82, 2.24) is 15.5 Å². The highest BCUT2D eigenvalue weighted by Crippen LogP contribution is 2.51. The summed E-state index contributed by atoms with van der Waals surface area (Å²) in [7, 11) is 1.88. The van der Waals surface area contributed by atoms with Crippen molar-refractivity contribution >= 4 is 41.7 Å². The molecule has 0 amide bonds. The van der Waals surface area contributed by atoms with Crippen LogP contribution in [0.2, 0.25) is 0 Å². The molecule has 4 nitrogen and oxygen atoms in total. The van der Waals surface area contributed by atoms with E-state index in [2.05, 4.69) is 50.9 Å². The molecule has 1 atom stereocenters. The van der Waals surface area contributed by atoms with Gasteiger partial charge in [0.25, 0.3) is 0 Å². The lowest BCUT2D eigenvalue weighted by Gasteiger charge is -2.20. The Morgan fingerprint density at radius 3 is 2.62 bits per heavy atom. The molecule has 26 heavy (non-hydrogen) atoms. The van der Waals surface area contributed by atoms with E-state index in [0.29, 0.717) is 4.75 Å². The Morgan fingerprint density at radius 2 is 1.96 bits per heavy atom. The van der Waals surface area contributed by atoms with Gasteiger partial charge in [0.05, 0.1) is 0 Å². The molecule has 1 aromatic rings. The zero-order valence-corrected chi connectivity index (χ0v) is 18.8. The number of hydrogen-bond donors (Lipinski definition) is 2. The van der Waals surface area contributed by atoms with Gasteiger partial charge in [0, 0.05) is 42.4 Å². The van der Waals surface area contributed by atoms with Crippen LogP contribution in [-0.2, 0) is 0 Å². The minimum atomic E-state index is 0. The average Bonchev–Trinajstić information content (AvgIpc) is 3.57. The molecule has 144 valence electrons. The number of rotatable bonds is 7. The molecule has 3 fully saturated rings. The molecule has 1 aromatic carbocycles. The number of aliphatic imine (C=N–C) groups is 1. The summed E-state index contributed by atoms with van der Waals surface area (Å²) < 4.78 is 0.356.